The average Bonchev–Trinajstić information content (AvgIpc) is 3.60. The van der Waals surface area contributed by atoms with Gasteiger partial charge in [0.1, 0.15) is 0 Å². The summed E-state index contributed by atoms with van der Waals surface area (Å²) < 4.78 is 0. The molecule has 2 heteroatoms. The molecular weight excluding hydrogens is 677 g/mol. The van der Waals surface area contributed by atoms with E-state index in [9.17, 15) is 0 Å². The van der Waals surface area contributed by atoms with Crippen molar-refractivity contribution in [3.8, 4) is 89.5 Å². The topological polar surface area (TPSA) is 25.8 Å². The molecule has 1 heterocycles. The normalized spacial score (nSPS) is 11.6. The number of benzene rings is 9. The molecule has 0 atom stereocenters. The van der Waals surface area contributed by atoms with Crippen molar-refractivity contribution in [2.75, 3.05) is 0 Å². The van der Waals surface area contributed by atoms with Crippen LogP contribution in [0.3, 0.4) is 0 Å². The average molecular weight is 711 g/mol. The molecule has 11 rings (SSSR count). The van der Waals surface area contributed by atoms with Gasteiger partial charge < -0.3 is 0 Å². The summed E-state index contributed by atoms with van der Waals surface area (Å²) in [5.41, 5.74) is 17.4. The quantitative estimate of drug-likeness (QED) is 0.172. The first kappa shape index (κ1) is 32.0. The van der Waals surface area contributed by atoms with Gasteiger partial charge in [-0.1, -0.05) is 176 Å². The summed E-state index contributed by atoms with van der Waals surface area (Å²) in [6.07, 6.45) is 0. The zero-order chi connectivity index (χ0) is 37.0. The lowest BCUT2D eigenvalue weighted by atomic mass is 9.90. The van der Waals surface area contributed by atoms with E-state index in [0.29, 0.717) is 0 Å². The Labute approximate surface area is 326 Å². The molecule has 1 aliphatic rings. The fourth-order valence-electron chi connectivity index (χ4n) is 8.46. The Morgan fingerprint density at radius 3 is 1.55 bits per heavy atom. The summed E-state index contributed by atoms with van der Waals surface area (Å²) >= 11 is 0. The van der Waals surface area contributed by atoms with Crippen molar-refractivity contribution < 1.29 is 0 Å². The van der Waals surface area contributed by atoms with Crippen LogP contribution in [0, 0.1) is 0 Å². The summed E-state index contributed by atoms with van der Waals surface area (Å²) in [4.78, 5) is 10.0. The summed E-state index contributed by atoms with van der Waals surface area (Å²) in [5, 5.41) is 5.11. The maximum atomic E-state index is 5.06. The summed E-state index contributed by atoms with van der Waals surface area (Å²) in [5.74, 6) is 0.717. The van der Waals surface area contributed by atoms with E-state index >= 15 is 0 Å². The molecule has 0 saturated carbocycles. The van der Waals surface area contributed by atoms with Gasteiger partial charge in [0.25, 0.3) is 0 Å². The molecule has 10 aromatic rings. The van der Waals surface area contributed by atoms with Gasteiger partial charge >= 0.3 is 0 Å². The third-order valence-electron chi connectivity index (χ3n) is 11.2. The fraction of sp³-hybridized carbons (Fsp3) is 0. The lowest BCUT2D eigenvalue weighted by molar-refractivity contribution is 1.18. The highest BCUT2D eigenvalue weighted by Gasteiger charge is 2.21. The highest BCUT2D eigenvalue weighted by Crippen LogP contribution is 2.48. The van der Waals surface area contributed by atoms with Crippen molar-refractivity contribution in [1.29, 1.82) is 0 Å². The second kappa shape index (κ2) is 13.2. The number of rotatable bonds is 6. The lowest BCUT2D eigenvalue weighted by Crippen LogP contribution is -1.95. The van der Waals surface area contributed by atoms with Crippen LogP contribution in [0.25, 0.3) is 111 Å². The van der Waals surface area contributed by atoms with Crippen LogP contribution in [0.4, 0.5) is 0 Å². The van der Waals surface area contributed by atoms with Gasteiger partial charge in [-0.15, -0.1) is 0 Å². The summed E-state index contributed by atoms with van der Waals surface area (Å²) in [7, 11) is 0. The van der Waals surface area contributed by atoms with Crippen LogP contribution in [0.2, 0.25) is 0 Å². The number of hydrogen-bond donors (Lipinski definition) is 0. The minimum absolute atomic E-state index is 0.717. The highest BCUT2D eigenvalue weighted by molar-refractivity contribution is 6.15. The van der Waals surface area contributed by atoms with E-state index in [1.165, 1.54) is 71.6 Å². The Bertz CT molecular complexity index is 3050. The first-order chi connectivity index (χ1) is 27.7. The smallest absolute Gasteiger partial charge is 0.160 e. The van der Waals surface area contributed by atoms with Crippen LogP contribution >= 0.6 is 0 Å². The van der Waals surface area contributed by atoms with E-state index in [-0.39, 0.29) is 0 Å². The predicted molar refractivity (Wildman–Crippen MR) is 234 cm³/mol. The molecule has 1 aliphatic carbocycles. The molecule has 0 saturated heterocycles. The number of fused-ring (bicyclic) bond motifs is 4. The molecule has 9 aromatic carbocycles. The molecule has 0 N–H and O–H groups in total. The van der Waals surface area contributed by atoms with Gasteiger partial charge in [0.2, 0.25) is 0 Å². The Balaban J connectivity index is 0.971. The zero-order valence-electron chi connectivity index (χ0n) is 30.5. The number of nitrogens with zero attached hydrogens (tertiary/aromatic N) is 2. The Kier molecular flexibility index (Phi) is 7.53. The van der Waals surface area contributed by atoms with Crippen molar-refractivity contribution in [2.24, 2.45) is 0 Å². The van der Waals surface area contributed by atoms with Crippen LogP contribution in [0.15, 0.2) is 206 Å². The molecule has 0 unspecified atom stereocenters. The molecule has 56 heavy (non-hydrogen) atoms. The molecule has 0 spiro atoms. The molecule has 0 aliphatic heterocycles. The van der Waals surface area contributed by atoms with Crippen molar-refractivity contribution in [3.05, 3.63) is 206 Å². The van der Waals surface area contributed by atoms with E-state index in [2.05, 4.69) is 182 Å². The molecule has 0 bridgehead atoms. The van der Waals surface area contributed by atoms with E-state index in [1.54, 1.807) is 0 Å². The monoisotopic (exact) mass is 710 g/mol. The maximum absolute atomic E-state index is 5.06. The van der Waals surface area contributed by atoms with Crippen LogP contribution in [-0.2, 0) is 0 Å². The number of aromatic nitrogens is 2. The van der Waals surface area contributed by atoms with Crippen LogP contribution in [0.1, 0.15) is 0 Å². The lowest BCUT2D eigenvalue weighted by Gasteiger charge is -2.14. The number of hydrogen-bond acceptors (Lipinski definition) is 2. The van der Waals surface area contributed by atoms with Gasteiger partial charge in [-0.25, -0.2) is 9.97 Å². The molecule has 2 nitrogen and oxygen atoms in total. The molecule has 0 amide bonds. The highest BCUT2D eigenvalue weighted by atomic mass is 14.9. The van der Waals surface area contributed by atoms with Gasteiger partial charge in [0.05, 0.1) is 11.4 Å². The standard InChI is InChI=1S/C54H34N2/c1-3-12-36(13-4-1)51-34-52(56-54(55-51)39-14-5-2-6-15-39)37-26-24-35(25-27-37)44-31-42-16-7-8-21-45(42)49(33-44)43-20-9-19-40(30-43)41-28-29-46-47-22-10-17-38-18-11-23-48(53(38)47)50(46)32-41/h1-34H. The minimum Gasteiger partial charge on any atom is -0.228 e. The third kappa shape index (κ3) is 5.51. The Hall–Kier alpha value is -7.42. The van der Waals surface area contributed by atoms with Crippen molar-refractivity contribution in [2.45, 2.75) is 0 Å². The maximum Gasteiger partial charge on any atom is 0.160 e. The first-order valence-corrected chi connectivity index (χ1v) is 19.1. The second-order valence-electron chi connectivity index (χ2n) is 14.6. The zero-order valence-corrected chi connectivity index (χ0v) is 30.5. The van der Waals surface area contributed by atoms with Gasteiger partial charge in [-0.2, -0.15) is 0 Å². The fourth-order valence-corrected chi connectivity index (χ4v) is 8.46. The van der Waals surface area contributed by atoms with Crippen LogP contribution < -0.4 is 0 Å². The van der Waals surface area contributed by atoms with Gasteiger partial charge in [-0.05, 0) is 108 Å². The minimum atomic E-state index is 0.717. The van der Waals surface area contributed by atoms with Crippen molar-refractivity contribution in [1.82, 2.24) is 9.97 Å². The second-order valence-corrected chi connectivity index (χ2v) is 14.6. The molecule has 0 radical (unpaired) electrons. The summed E-state index contributed by atoms with van der Waals surface area (Å²) in [6, 6.07) is 74.1. The van der Waals surface area contributed by atoms with E-state index in [4.69, 9.17) is 9.97 Å². The summed E-state index contributed by atoms with van der Waals surface area (Å²) in [6.45, 7) is 0. The SMILES string of the molecule is c1ccc(-c2cc(-c3ccc(-c4cc(-c5cccc(-c6ccc7c(c6)-c6cccc8cccc-7c68)c5)c5ccccc5c4)cc3)nc(-c3ccccc3)n2)cc1. The van der Waals surface area contributed by atoms with E-state index < -0.39 is 0 Å². The largest absolute Gasteiger partial charge is 0.228 e. The Morgan fingerprint density at radius 2 is 0.786 bits per heavy atom. The molecule has 0 fully saturated rings. The van der Waals surface area contributed by atoms with Gasteiger partial charge in [0.15, 0.2) is 5.82 Å². The Morgan fingerprint density at radius 1 is 0.250 bits per heavy atom. The molecular formula is C54H34N2. The third-order valence-corrected chi connectivity index (χ3v) is 11.2. The van der Waals surface area contributed by atoms with Crippen molar-refractivity contribution in [3.63, 3.8) is 0 Å². The predicted octanol–water partition coefficient (Wildman–Crippen LogP) is 14.4. The van der Waals surface area contributed by atoms with Crippen LogP contribution in [-0.4, -0.2) is 9.97 Å². The van der Waals surface area contributed by atoms with E-state index in [1.807, 2.05) is 24.3 Å². The van der Waals surface area contributed by atoms with E-state index in [0.717, 1.165) is 39.5 Å². The van der Waals surface area contributed by atoms with Crippen molar-refractivity contribution >= 4 is 21.5 Å². The van der Waals surface area contributed by atoms with Gasteiger partial charge in [-0.3, -0.25) is 0 Å². The van der Waals surface area contributed by atoms with Gasteiger partial charge in [0, 0.05) is 16.7 Å². The molecule has 1 aromatic heterocycles. The molecule has 260 valence electrons. The van der Waals surface area contributed by atoms with Crippen LogP contribution in [0.5, 0.6) is 0 Å². The first-order valence-electron chi connectivity index (χ1n) is 19.1.